The first-order valence-corrected chi connectivity index (χ1v) is 5.21. The number of thiol groups is 1. The van der Waals surface area contributed by atoms with Crippen LogP contribution in [0, 0.1) is 0 Å². The monoisotopic (exact) mass is 226 g/mol. The fourth-order valence-electron chi connectivity index (χ4n) is 1.30. The first-order chi connectivity index (χ1) is 6.59. The van der Waals surface area contributed by atoms with Crippen LogP contribution in [-0.4, -0.2) is 22.3 Å². The Morgan fingerprint density at radius 3 is 2.64 bits per heavy atom. The molecule has 0 aliphatic carbocycles. The first kappa shape index (κ1) is 9.85. The molecular weight excluding hydrogens is 219 g/mol. The summed E-state index contributed by atoms with van der Waals surface area (Å²) in [6.07, 6.45) is 0. The molecule has 3 nitrogen and oxygen atoms in total. The lowest BCUT2D eigenvalue weighted by Gasteiger charge is -2.02. The van der Waals surface area contributed by atoms with Crippen molar-refractivity contribution in [3.05, 3.63) is 17.5 Å². The van der Waals surface area contributed by atoms with Crippen molar-refractivity contribution in [2.24, 2.45) is 0 Å². The van der Waals surface area contributed by atoms with Crippen molar-refractivity contribution < 1.29 is 15.2 Å². The molecule has 3 N–H and O–H groups in total. The third-order valence-corrected chi connectivity index (χ3v) is 3.41. The summed E-state index contributed by atoms with van der Waals surface area (Å²) < 4.78 is 0.790. The second-order valence-electron chi connectivity index (χ2n) is 2.91. The number of rotatable bonds is 1. The SMILES string of the molecule is OB(O)c1cc(O)c2c(S)csc2c1. The van der Waals surface area contributed by atoms with Gasteiger partial charge in [0, 0.05) is 20.4 Å². The van der Waals surface area contributed by atoms with Crippen molar-refractivity contribution in [3.63, 3.8) is 0 Å². The van der Waals surface area contributed by atoms with E-state index in [9.17, 15) is 5.11 Å². The molecule has 0 aliphatic heterocycles. The van der Waals surface area contributed by atoms with Gasteiger partial charge in [-0.1, -0.05) is 0 Å². The van der Waals surface area contributed by atoms with Crippen LogP contribution in [-0.2, 0) is 0 Å². The van der Waals surface area contributed by atoms with Gasteiger partial charge in [-0.15, -0.1) is 24.0 Å². The topological polar surface area (TPSA) is 60.7 Å². The quantitative estimate of drug-likeness (QED) is 0.425. The van der Waals surface area contributed by atoms with Crippen molar-refractivity contribution in [2.75, 3.05) is 0 Å². The molecule has 1 heterocycles. The van der Waals surface area contributed by atoms with Crippen LogP contribution >= 0.6 is 24.0 Å². The molecule has 1 aromatic carbocycles. The van der Waals surface area contributed by atoms with E-state index in [-0.39, 0.29) is 11.2 Å². The average molecular weight is 226 g/mol. The number of benzene rings is 1. The van der Waals surface area contributed by atoms with Crippen LogP contribution in [0.3, 0.4) is 0 Å². The Labute approximate surface area is 90.2 Å². The minimum atomic E-state index is -1.56. The average Bonchev–Trinajstić information content (AvgIpc) is 2.48. The maximum atomic E-state index is 9.61. The fraction of sp³-hybridized carbons (Fsp3) is 0. The lowest BCUT2D eigenvalue weighted by Crippen LogP contribution is -2.29. The number of hydrogen-bond donors (Lipinski definition) is 4. The van der Waals surface area contributed by atoms with Gasteiger partial charge in [-0.2, -0.15) is 0 Å². The smallest absolute Gasteiger partial charge is 0.488 e. The van der Waals surface area contributed by atoms with Gasteiger partial charge in [0.2, 0.25) is 0 Å². The largest absolute Gasteiger partial charge is 0.507 e. The van der Waals surface area contributed by atoms with Crippen molar-refractivity contribution in [3.8, 4) is 5.75 Å². The molecule has 0 radical (unpaired) electrons. The molecule has 0 saturated carbocycles. The summed E-state index contributed by atoms with van der Waals surface area (Å²) in [5, 5.41) is 29.9. The Kier molecular flexibility index (Phi) is 2.44. The number of phenols is 1. The lowest BCUT2D eigenvalue weighted by atomic mass is 9.80. The summed E-state index contributed by atoms with van der Waals surface area (Å²) in [5.74, 6) is 0.0249. The highest BCUT2D eigenvalue weighted by Gasteiger charge is 2.15. The Bertz CT molecular complexity index is 481. The van der Waals surface area contributed by atoms with Crippen LogP contribution < -0.4 is 5.46 Å². The Morgan fingerprint density at radius 1 is 1.29 bits per heavy atom. The van der Waals surface area contributed by atoms with E-state index < -0.39 is 7.12 Å². The van der Waals surface area contributed by atoms with Crippen LogP contribution in [0.1, 0.15) is 0 Å². The molecule has 2 aromatic rings. The summed E-state index contributed by atoms with van der Waals surface area (Å²) in [6.45, 7) is 0. The molecule has 0 fully saturated rings. The zero-order valence-electron chi connectivity index (χ0n) is 7.01. The molecule has 0 saturated heterocycles. The summed E-state index contributed by atoms with van der Waals surface area (Å²) in [4.78, 5) is 0.696. The Morgan fingerprint density at radius 2 is 2.00 bits per heavy atom. The standard InChI is InChI=1S/C8H7BO3S2/c10-5-1-4(9(11)12)2-7-8(5)6(13)3-14-7/h1-3,10-13H. The van der Waals surface area contributed by atoms with Gasteiger partial charge < -0.3 is 15.2 Å². The van der Waals surface area contributed by atoms with Crippen molar-refractivity contribution in [1.29, 1.82) is 0 Å². The van der Waals surface area contributed by atoms with Gasteiger partial charge in [0.1, 0.15) is 5.75 Å². The summed E-state index contributed by atoms with van der Waals surface area (Å²) in [7, 11) is -1.56. The van der Waals surface area contributed by atoms with E-state index in [1.807, 2.05) is 0 Å². The van der Waals surface area contributed by atoms with E-state index in [1.165, 1.54) is 17.4 Å². The zero-order chi connectivity index (χ0) is 10.3. The second-order valence-corrected chi connectivity index (χ2v) is 4.30. The molecule has 72 valence electrons. The van der Waals surface area contributed by atoms with Gasteiger partial charge in [0.15, 0.2) is 0 Å². The highest BCUT2D eigenvalue weighted by molar-refractivity contribution is 7.80. The summed E-state index contributed by atoms with van der Waals surface area (Å²) >= 11 is 5.58. The minimum Gasteiger partial charge on any atom is -0.507 e. The molecule has 0 unspecified atom stereocenters. The maximum Gasteiger partial charge on any atom is 0.488 e. The number of aromatic hydroxyl groups is 1. The molecule has 0 bridgehead atoms. The van der Waals surface area contributed by atoms with Gasteiger partial charge in [-0.25, -0.2) is 0 Å². The number of fused-ring (bicyclic) bond motifs is 1. The highest BCUT2D eigenvalue weighted by atomic mass is 32.1. The van der Waals surface area contributed by atoms with E-state index >= 15 is 0 Å². The third-order valence-electron chi connectivity index (χ3n) is 1.96. The second kappa shape index (κ2) is 3.47. The van der Waals surface area contributed by atoms with Gasteiger partial charge in [-0.05, 0) is 17.6 Å². The number of hydrogen-bond acceptors (Lipinski definition) is 5. The van der Waals surface area contributed by atoms with Crippen LogP contribution in [0.5, 0.6) is 5.75 Å². The zero-order valence-corrected chi connectivity index (χ0v) is 8.72. The molecule has 0 amide bonds. The summed E-state index contributed by atoms with van der Waals surface area (Å²) in [6, 6.07) is 2.96. The fourth-order valence-corrected chi connectivity index (χ4v) is 2.66. The van der Waals surface area contributed by atoms with Gasteiger partial charge in [0.05, 0.1) is 0 Å². The molecule has 0 aliphatic rings. The molecule has 0 spiro atoms. The molecule has 2 rings (SSSR count). The lowest BCUT2D eigenvalue weighted by molar-refractivity contribution is 0.425. The van der Waals surface area contributed by atoms with Crippen molar-refractivity contribution in [2.45, 2.75) is 4.90 Å². The third kappa shape index (κ3) is 1.50. The van der Waals surface area contributed by atoms with E-state index in [1.54, 1.807) is 11.4 Å². The van der Waals surface area contributed by atoms with Crippen molar-refractivity contribution in [1.82, 2.24) is 0 Å². The van der Waals surface area contributed by atoms with Gasteiger partial charge in [0.25, 0.3) is 0 Å². The normalized spacial score (nSPS) is 10.8. The maximum absolute atomic E-state index is 9.61. The van der Waals surface area contributed by atoms with Crippen LogP contribution in [0.15, 0.2) is 22.4 Å². The molecule has 0 atom stereocenters. The molecule has 14 heavy (non-hydrogen) atoms. The van der Waals surface area contributed by atoms with Crippen molar-refractivity contribution >= 4 is 46.6 Å². The van der Waals surface area contributed by atoms with E-state index in [4.69, 9.17) is 10.0 Å². The predicted molar refractivity (Wildman–Crippen MR) is 60.6 cm³/mol. The van der Waals surface area contributed by atoms with Gasteiger partial charge in [-0.3, -0.25) is 0 Å². The van der Waals surface area contributed by atoms with Crippen LogP contribution in [0.25, 0.3) is 10.1 Å². The number of thiophene rings is 1. The van der Waals surface area contributed by atoms with Crippen LogP contribution in [0.2, 0.25) is 0 Å². The number of phenolic OH excluding ortho intramolecular Hbond substituents is 1. The first-order valence-electron chi connectivity index (χ1n) is 3.89. The highest BCUT2D eigenvalue weighted by Crippen LogP contribution is 2.34. The van der Waals surface area contributed by atoms with E-state index in [0.29, 0.717) is 10.3 Å². The molecule has 1 aromatic heterocycles. The molecular formula is C8H7BO3S2. The van der Waals surface area contributed by atoms with Gasteiger partial charge >= 0.3 is 7.12 Å². The minimum absolute atomic E-state index is 0.0249. The molecule has 6 heteroatoms. The van der Waals surface area contributed by atoms with Crippen LogP contribution in [0.4, 0.5) is 0 Å². The van der Waals surface area contributed by atoms with E-state index in [0.717, 1.165) is 4.70 Å². The van der Waals surface area contributed by atoms with E-state index in [2.05, 4.69) is 12.6 Å². The summed E-state index contributed by atoms with van der Waals surface area (Å²) in [5.41, 5.74) is 0.283. The predicted octanol–water partition coefficient (Wildman–Crippen LogP) is 0.575. The Balaban J connectivity index is 2.74. The Hall–Kier alpha value is -0.685.